The summed E-state index contributed by atoms with van der Waals surface area (Å²) in [5.41, 5.74) is 10.8. The molecule has 0 fully saturated rings. The Kier molecular flexibility index (Phi) is 4.56. The molecule has 0 unspecified atom stereocenters. The third-order valence-corrected chi connectivity index (χ3v) is 4.36. The van der Waals surface area contributed by atoms with Crippen molar-refractivity contribution in [3.63, 3.8) is 0 Å². The molecule has 4 nitrogen and oxygen atoms in total. The van der Waals surface area contributed by atoms with Gasteiger partial charge in [-0.2, -0.15) is 0 Å². The van der Waals surface area contributed by atoms with E-state index in [9.17, 15) is 0 Å². The lowest BCUT2D eigenvalue weighted by atomic mass is 10.1. The summed E-state index contributed by atoms with van der Waals surface area (Å²) in [6.07, 6.45) is 2.03. The van der Waals surface area contributed by atoms with E-state index in [1.165, 1.54) is 5.56 Å². The zero-order valence-electron chi connectivity index (χ0n) is 14.5. The molecule has 4 aromatic rings. The number of hydrogen-bond acceptors (Lipinski definition) is 3. The number of anilines is 1. The Morgan fingerprint density at radius 3 is 2.54 bits per heavy atom. The molecule has 4 rings (SSSR count). The Balaban J connectivity index is 1.36. The first kappa shape index (κ1) is 16.2. The third kappa shape index (κ3) is 3.70. The largest absolute Gasteiger partial charge is 0.494 e. The van der Waals surface area contributed by atoms with Gasteiger partial charge in [-0.15, -0.1) is 0 Å². The number of hydrogen-bond donors (Lipinski definition) is 2. The van der Waals surface area contributed by atoms with Gasteiger partial charge in [-0.3, -0.25) is 0 Å². The molecule has 0 bridgehead atoms. The standard InChI is InChI=1S/C22H21N3O/c23-18-10-13-20-21(15-18)25-22(24-20)17-8-11-19(12-9-17)26-14-4-7-16-5-2-1-3-6-16/h1-3,5-6,8-13,15H,4,7,14,23H2,(H,24,25). The lowest BCUT2D eigenvalue weighted by Gasteiger charge is -2.07. The molecule has 0 amide bonds. The summed E-state index contributed by atoms with van der Waals surface area (Å²) in [6.45, 7) is 0.707. The van der Waals surface area contributed by atoms with Gasteiger partial charge in [0.15, 0.2) is 0 Å². The molecular weight excluding hydrogens is 322 g/mol. The minimum atomic E-state index is 0.707. The van der Waals surface area contributed by atoms with Crippen LogP contribution in [0, 0.1) is 0 Å². The van der Waals surface area contributed by atoms with Crippen molar-refractivity contribution in [1.82, 2.24) is 9.97 Å². The minimum absolute atomic E-state index is 0.707. The maximum absolute atomic E-state index is 5.85. The Morgan fingerprint density at radius 1 is 0.923 bits per heavy atom. The zero-order chi connectivity index (χ0) is 17.8. The van der Waals surface area contributed by atoms with E-state index >= 15 is 0 Å². The van der Waals surface area contributed by atoms with Crippen LogP contribution in [0.25, 0.3) is 22.4 Å². The quantitative estimate of drug-likeness (QED) is 0.389. The van der Waals surface area contributed by atoms with Gasteiger partial charge >= 0.3 is 0 Å². The summed E-state index contributed by atoms with van der Waals surface area (Å²) < 4.78 is 5.85. The van der Waals surface area contributed by atoms with Gasteiger partial charge < -0.3 is 15.5 Å². The van der Waals surface area contributed by atoms with Crippen molar-refractivity contribution >= 4 is 16.7 Å². The highest BCUT2D eigenvalue weighted by molar-refractivity contribution is 5.82. The van der Waals surface area contributed by atoms with E-state index in [0.29, 0.717) is 6.61 Å². The number of aromatic amines is 1. The minimum Gasteiger partial charge on any atom is -0.494 e. The van der Waals surface area contributed by atoms with Gasteiger partial charge in [0, 0.05) is 11.3 Å². The maximum Gasteiger partial charge on any atom is 0.138 e. The van der Waals surface area contributed by atoms with Crippen molar-refractivity contribution in [3.05, 3.63) is 78.4 Å². The number of nitrogen functional groups attached to an aromatic ring is 1. The number of fused-ring (bicyclic) bond motifs is 1. The molecule has 3 aromatic carbocycles. The maximum atomic E-state index is 5.85. The molecule has 0 saturated carbocycles. The Labute approximate surface area is 152 Å². The van der Waals surface area contributed by atoms with E-state index < -0.39 is 0 Å². The van der Waals surface area contributed by atoms with Crippen LogP contribution in [0.5, 0.6) is 5.75 Å². The van der Waals surface area contributed by atoms with Crippen LogP contribution in [-0.4, -0.2) is 16.6 Å². The second-order valence-corrected chi connectivity index (χ2v) is 6.32. The van der Waals surface area contributed by atoms with Gasteiger partial charge in [-0.25, -0.2) is 4.98 Å². The second-order valence-electron chi connectivity index (χ2n) is 6.32. The number of nitrogens with two attached hydrogens (primary N) is 1. The number of imidazole rings is 1. The molecule has 3 N–H and O–H groups in total. The smallest absolute Gasteiger partial charge is 0.138 e. The molecule has 0 atom stereocenters. The van der Waals surface area contributed by atoms with Crippen molar-refractivity contribution in [1.29, 1.82) is 0 Å². The number of nitrogens with zero attached hydrogens (tertiary/aromatic N) is 1. The van der Waals surface area contributed by atoms with E-state index in [1.807, 2.05) is 48.5 Å². The monoisotopic (exact) mass is 343 g/mol. The Morgan fingerprint density at radius 2 is 1.73 bits per heavy atom. The van der Waals surface area contributed by atoms with Crippen LogP contribution in [0.2, 0.25) is 0 Å². The van der Waals surface area contributed by atoms with Gasteiger partial charge in [0.1, 0.15) is 11.6 Å². The molecule has 0 aliphatic carbocycles. The number of ether oxygens (including phenoxy) is 1. The predicted molar refractivity (Wildman–Crippen MR) is 106 cm³/mol. The summed E-state index contributed by atoms with van der Waals surface area (Å²) >= 11 is 0. The van der Waals surface area contributed by atoms with Gasteiger partial charge in [0.2, 0.25) is 0 Å². The van der Waals surface area contributed by atoms with Crippen molar-refractivity contribution in [2.75, 3.05) is 12.3 Å². The van der Waals surface area contributed by atoms with Crippen LogP contribution in [-0.2, 0) is 6.42 Å². The van der Waals surface area contributed by atoms with Crippen LogP contribution in [0.15, 0.2) is 72.8 Å². The number of H-pyrrole nitrogens is 1. The summed E-state index contributed by atoms with van der Waals surface area (Å²) in [5, 5.41) is 0. The predicted octanol–water partition coefficient (Wildman–Crippen LogP) is 4.82. The highest BCUT2D eigenvalue weighted by Gasteiger charge is 2.06. The van der Waals surface area contributed by atoms with Crippen LogP contribution in [0.1, 0.15) is 12.0 Å². The zero-order valence-corrected chi connectivity index (χ0v) is 14.5. The number of aromatic nitrogens is 2. The summed E-state index contributed by atoms with van der Waals surface area (Å²) in [7, 11) is 0. The van der Waals surface area contributed by atoms with Crippen LogP contribution < -0.4 is 10.5 Å². The molecule has 0 aliphatic rings. The Hall–Kier alpha value is -3.27. The molecule has 0 radical (unpaired) electrons. The molecule has 26 heavy (non-hydrogen) atoms. The summed E-state index contributed by atoms with van der Waals surface area (Å²) in [5.74, 6) is 1.71. The molecule has 4 heteroatoms. The lowest BCUT2D eigenvalue weighted by Crippen LogP contribution is -1.99. The van der Waals surface area contributed by atoms with E-state index in [-0.39, 0.29) is 0 Å². The van der Waals surface area contributed by atoms with Crippen LogP contribution in [0.4, 0.5) is 5.69 Å². The van der Waals surface area contributed by atoms with E-state index in [2.05, 4.69) is 34.2 Å². The van der Waals surface area contributed by atoms with Gasteiger partial charge in [0.25, 0.3) is 0 Å². The van der Waals surface area contributed by atoms with Crippen LogP contribution >= 0.6 is 0 Å². The molecule has 1 aromatic heterocycles. The number of nitrogens with one attached hydrogen (secondary N) is 1. The second kappa shape index (κ2) is 7.31. The fraction of sp³-hybridized carbons (Fsp3) is 0.136. The average molecular weight is 343 g/mol. The normalized spacial score (nSPS) is 10.9. The highest BCUT2D eigenvalue weighted by atomic mass is 16.5. The van der Waals surface area contributed by atoms with Gasteiger partial charge in [0.05, 0.1) is 17.6 Å². The van der Waals surface area contributed by atoms with Crippen molar-refractivity contribution in [2.45, 2.75) is 12.8 Å². The molecule has 0 aliphatic heterocycles. The molecular formula is C22H21N3O. The van der Waals surface area contributed by atoms with E-state index in [0.717, 1.165) is 46.7 Å². The van der Waals surface area contributed by atoms with Crippen LogP contribution in [0.3, 0.4) is 0 Å². The number of aryl methyl sites for hydroxylation is 1. The van der Waals surface area contributed by atoms with Gasteiger partial charge in [-0.1, -0.05) is 30.3 Å². The fourth-order valence-electron chi connectivity index (χ4n) is 2.98. The first-order chi connectivity index (χ1) is 12.8. The molecule has 0 saturated heterocycles. The molecule has 0 spiro atoms. The first-order valence-corrected chi connectivity index (χ1v) is 8.80. The Bertz CT molecular complexity index is 991. The third-order valence-electron chi connectivity index (χ3n) is 4.36. The average Bonchev–Trinajstić information content (AvgIpc) is 3.10. The summed E-state index contributed by atoms with van der Waals surface area (Å²) in [6, 6.07) is 24.2. The number of benzene rings is 3. The lowest BCUT2D eigenvalue weighted by molar-refractivity contribution is 0.311. The highest BCUT2D eigenvalue weighted by Crippen LogP contribution is 2.24. The molecule has 1 heterocycles. The summed E-state index contributed by atoms with van der Waals surface area (Å²) in [4.78, 5) is 7.92. The van der Waals surface area contributed by atoms with Gasteiger partial charge in [-0.05, 0) is 60.9 Å². The van der Waals surface area contributed by atoms with Crippen molar-refractivity contribution in [2.24, 2.45) is 0 Å². The topological polar surface area (TPSA) is 63.9 Å². The van der Waals surface area contributed by atoms with Crippen molar-refractivity contribution in [3.8, 4) is 17.1 Å². The van der Waals surface area contributed by atoms with E-state index in [4.69, 9.17) is 10.5 Å². The first-order valence-electron chi connectivity index (χ1n) is 8.80. The van der Waals surface area contributed by atoms with Crippen molar-refractivity contribution < 1.29 is 4.74 Å². The fourth-order valence-corrected chi connectivity index (χ4v) is 2.98. The van der Waals surface area contributed by atoms with E-state index in [1.54, 1.807) is 0 Å². The molecule has 130 valence electrons. The SMILES string of the molecule is Nc1ccc2nc(-c3ccc(OCCCc4ccccc4)cc3)[nH]c2c1. The number of rotatable bonds is 6.